The molecule has 0 aliphatic rings. The molecule has 0 bridgehead atoms. The van der Waals surface area contributed by atoms with Crippen LogP contribution in [0.5, 0.6) is 5.75 Å². The molecule has 0 unspecified atom stereocenters. The number of aromatic nitrogens is 2. The SMILES string of the molecule is CCOc1ccccc1C(=O)Nc1nnc(SCC(=O)Nc2cccc(C)c2)s1. The van der Waals surface area contributed by atoms with Gasteiger partial charge in [0.1, 0.15) is 5.75 Å². The molecule has 29 heavy (non-hydrogen) atoms. The predicted molar refractivity (Wildman–Crippen MR) is 116 cm³/mol. The fourth-order valence-electron chi connectivity index (χ4n) is 2.47. The lowest BCUT2D eigenvalue weighted by molar-refractivity contribution is -0.113. The second-order valence-electron chi connectivity index (χ2n) is 5.96. The summed E-state index contributed by atoms with van der Waals surface area (Å²) in [6.45, 7) is 4.29. The summed E-state index contributed by atoms with van der Waals surface area (Å²) in [6, 6.07) is 14.6. The van der Waals surface area contributed by atoms with E-state index in [0.717, 1.165) is 11.3 Å². The van der Waals surface area contributed by atoms with Crippen LogP contribution in [0.2, 0.25) is 0 Å². The van der Waals surface area contributed by atoms with Crippen LogP contribution in [0.3, 0.4) is 0 Å². The minimum absolute atomic E-state index is 0.132. The zero-order chi connectivity index (χ0) is 20.6. The van der Waals surface area contributed by atoms with Crippen LogP contribution in [-0.2, 0) is 4.79 Å². The number of benzene rings is 2. The minimum atomic E-state index is -0.320. The highest BCUT2D eigenvalue weighted by atomic mass is 32.2. The van der Waals surface area contributed by atoms with Crippen LogP contribution in [0.15, 0.2) is 52.9 Å². The fraction of sp³-hybridized carbons (Fsp3) is 0.200. The average Bonchev–Trinajstić information content (AvgIpc) is 3.14. The van der Waals surface area contributed by atoms with Crippen molar-refractivity contribution < 1.29 is 14.3 Å². The number of ether oxygens (including phenoxy) is 1. The van der Waals surface area contributed by atoms with Gasteiger partial charge in [-0.05, 0) is 43.7 Å². The lowest BCUT2D eigenvalue weighted by atomic mass is 10.2. The molecule has 0 saturated carbocycles. The van der Waals surface area contributed by atoms with Crippen molar-refractivity contribution in [2.75, 3.05) is 23.0 Å². The highest BCUT2D eigenvalue weighted by molar-refractivity contribution is 8.01. The highest BCUT2D eigenvalue weighted by Gasteiger charge is 2.15. The number of hydrogen-bond acceptors (Lipinski definition) is 7. The van der Waals surface area contributed by atoms with Gasteiger partial charge in [-0.1, -0.05) is 47.4 Å². The molecule has 7 nitrogen and oxygen atoms in total. The van der Waals surface area contributed by atoms with Crippen molar-refractivity contribution in [3.05, 3.63) is 59.7 Å². The second kappa shape index (κ2) is 10.0. The van der Waals surface area contributed by atoms with Gasteiger partial charge in [0.2, 0.25) is 11.0 Å². The number of para-hydroxylation sites is 1. The summed E-state index contributed by atoms with van der Waals surface area (Å²) >= 11 is 2.48. The van der Waals surface area contributed by atoms with E-state index in [9.17, 15) is 9.59 Å². The molecule has 3 aromatic rings. The van der Waals surface area contributed by atoms with Crippen molar-refractivity contribution >= 4 is 45.7 Å². The maximum atomic E-state index is 12.5. The molecule has 1 heterocycles. The molecule has 0 saturated heterocycles. The first-order chi connectivity index (χ1) is 14.0. The van der Waals surface area contributed by atoms with Crippen LogP contribution in [-0.4, -0.2) is 34.4 Å². The van der Waals surface area contributed by atoms with Crippen molar-refractivity contribution in [3.63, 3.8) is 0 Å². The number of carbonyl (C=O) groups is 2. The van der Waals surface area contributed by atoms with Crippen LogP contribution in [0.4, 0.5) is 10.8 Å². The third-order valence-electron chi connectivity index (χ3n) is 3.69. The quantitative estimate of drug-likeness (QED) is 0.412. The average molecular weight is 429 g/mol. The van der Waals surface area contributed by atoms with Crippen molar-refractivity contribution in [2.45, 2.75) is 18.2 Å². The molecule has 2 N–H and O–H groups in total. The Bertz CT molecular complexity index is 1010. The maximum absolute atomic E-state index is 12.5. The Kier molecular flexibility index (Phi) is 7.20. The lowest BCUT2D eigenvalue weighted by Gasteiger charge is -2.08. The molecule has 0 aliphatic carbocycles. The molecular formula is C20H20N4O3S2. The van der Waals surface area contributed by atoms with E-state index in [1.807, 2.05) is 44.2 Å². The summed E-state index contributed by atoms with van der Waals surface area (Å²) in [7, 11) is 0. The van der Waals surface area contributed by atoms with Crippen LogP contribution < -0.4 is 15.4 Å². The third-order valence-corrected chi connectivity index (χ3v) is 5.66. The molecule has 0 radical (unpaired) electrons. The van der Waals surface area contributed by atoms with Crippen molar-refractivity contribution in [1.29, 1.82) is 0 Å². The number of anilines is 2. The van der Waals surface area contributed by atoms with Crippen LogP contribution >= 0.6 is 23.1 Å². The molecule has 0 fully saturated rings. The molecular weight excluding hydrogens is 408 g/mol. The Morgan fingerprint density at radius 3 is 2.72 bits per heavy atom. The van der Waals surface area contributed by atoms with Gasteiger partial charge in [-0.15, -0.1) is 10.2 Å². The van der Waals surface area contributed by atoms with E-state index < -0.39 is 0 Å². The van der Waals surface area contributed by atoms with E-state index in [1.54, 1.807) is 18.2 Å². The molecule has 0 aliphatic heterocycles. The summed E-state index contributed by atoms with van der Waals surface area (Å²) in [4.78, 5) is 24.6. The summed E-state index contributed by atoms with van der Waals surface area (Å²) < 4.78 is 6.08. The van der Waals surface area contributed by atoms with E-state index in [-0.39, 0.29) is 17.6 Å². The summed E-state index contributed by atoms with van der Waals surface area (Å²) in [5.41, 5.74) is 2.26. The molecule has 0 spiro atoms. The summed E-state index contributed by atoms with van der Waals surface area (Å²) in [6.07, 6.45) is 0. The Balaban J connectivity index is 1.54. The van der Waals surface area contributed by atoms with Gasteiger partial charge in [-0.25, -0.2) is 0 Å². The third kappa shape index (κ3) is 6.03. The summed E-state index contributed by atoms with van der Waals surface area (Å²) in [5, 5.41) is 13.9. The first kappa shape index (κ1) is 20.8. The first-order valence-corrected chi connectivity index (χ1v) is 10.7. The zero-order valence-electron chi connectivity index (χ0n) is 16.0. The number of nitrogens with one attached hydrogen (secondary N) is 2. The molecule has 1 aromatic heterocycles. The first-order valence-electron chi connectivity index (χ1n) is 8.91. The molecule has 3 rings (SSSR count). The van der Waals surface area contributed by atoms with Crippen LogP contribution in [0.25, 0.3) is 0 Å². The lowest BCUT2D eigenvalue weighted by Crippen LogP contribution is -2.13. The minimum Gasteiger partial charge on any atom is -0.493 e. The molecule has 150 valence electrons. The maximum Gasteiger partial charge on any atom is 0.261 e. The summed E-state index contributed by atoms with van der Waals surface area (Å²) in [5.74, 6) is 0.259. The van der Waals surface area contributed by atoms with E-state index in [4.69, 9.17) is 4.74 Å². The van der Waals surface area contributed by atoms with Gasteiger partial charge in [0.15, 0.2) is 4.34 Å². The van der Waals surface area contributed by atoms with E-state index >= 15 is 0 Å². The molecule has 2 amide bonds. The molecule has 9 heteroatoms. The molecule has 0 atom stereocenters. The van der Waals surface area contributed by atoms with Crippen molar-refractivity contribution in [1.82, 2.24) is 10.2 Å². The topological polar surface area (TPSA) is 93.2 Å². The smallest absolute Gasteiger partial charge is 0.261 e. The second-order valence-corrected chi connectivity index (χ2v) is 8.16. The van der Waals surface area contributed by atoms with Gasteiger partial charge >= 0.3 is 0 Å². The fourth-order valence-corrected chi connectivity index (χ4v) is 4.01. The van der Waals surface area contributed by atoms with Crippen LogP contribution in [0, 0.1) is 6.92 Å². The van der Waals surface area contributed by atoms with Gasteiger partial charge in [-0.2, -0.15) is 0 Å². The standard InChI is InChI=1S/C20H20N4O3S2/c1-3-27-16-10-5-4-9-15(16)18(26)22-19-23-24-20(29-19)28-12-17(25)21-14-8-6-7-13(2)11-14/h4-11H,3,12H2,1-2H3,(H,21,25)(H,22,23,26). The predicted octanol–water partition coefficient (Wildman–Crippen LogP) is 4.23. The molecule has 2 aromatic carbocycles. The number of nitrogens with zero attached hydrogens (tertiary/aromatic N) is 2. The van der Waals surface area contributed by atoms with Gasteiger partial charge in [0.05, 0.1) is 17.9 Å². The number of aryl methyl sites for hydroxylation is 1. The Labute approximate surface area is 176 Å². The van der Waals surface area contributed by atoms with E-state index in [0.29, 0.717) is 27.4 Å². The van der Waals surface area contributed by atoms with Gasteiger partial charge in [0, 0.05) is 5.69 Å². The largest absolute Gasteiger partial charge is 0.493 e. The van der Waals surface area contributed by atoms with E-state index in [2.05, 4.69) is 20.8 Å². The highest BCUT2D eigenvalue weighted by Crippen LogP contribution is 2.27. The Hall–Kier alpha value is -2.91. The van der Waals surface area contributed by atoms with Gasteiger partial charge in [0.25, 0.3) is 5.91 Å². The number of hydrogen-bond donors (Lipinski definition) is 2. The number of amides is 2. The van der Waals surface area contributed by atoms with Crippen LogP contribution in [0.1, 0.15) is 22.8 Å². The van der Waals surface area contributed by atoms with E-state index in [1.165, 1.54) is 23.1 Å². The zero-order valence-corrected chi connectivity index (χ0v) is 17.6. The number of rotatable bonds is 8. The van der Waals surface area contributed by atoms with Crippen molar-refractivity contribution in [2.24, 2.45) is 0 Å². The number of thioether (sulfide) groups is 1. The van der Waals surface area contributed by atoms with Crippen molar-refractivity contribution in [3.8, 4) is 5.75 Å². The Morgan fingerprint density at radius 2 is 1.93 bits per heavy atom. The Morgan fingerprint density at radius 1 is 1.10 bits per heavy atom. The monoisotopic (exact) mass is 428 g/mol. The number of carbonyl (C=O) groups excluding carboxylic acids is 2. The van der Waals surface area contributed by atoms with Gasteiger partial charge < -0.3 is 10.1 Å². The van der Waals surface area contributed by atoms with Gasteiger partial charge in [-0.3, -0.25) is 14.9 Å². The normalized spacial score (nSPS) is 10.4.